The van der Waals surface area contributed by atoms with E-state index < -0.39 is 17.8 Å². The van der Waals surface area contributed by atoms with E-state index in [0.717, 1.165) is 9.86 Å². The smallest absolute Gasteiger partial charge is 0.335 e. The average molecular weight is 393 g/mol. The standard InChI is InChI=1S/C17H14BrFN2O3/c1-23-15-6-5-12(19)8-13(15)16(17(22)24-2)21-9-10-3-4-11(18)7-14(10)20-21/h3-9,16H,1-2H3. The number of aromatic nitrogens is 2. The Morgan fingerprint density at radius 3 is 2.75 bits per heavy atom. The molecule has 0 spiro atoms. The van der Waals surface area contributed by atoms with Gasteiger partial charge in [-0.3, -0.25) is 4.68 Å². The Labute approximate surface area is 146 Å². The van der Waals surface area contributed by atoms with Crippen LogP contribution in [-0.2, 0) is 9.53 Å². The highest BCUT2D eigenvalue weighted by atomic mass is 79.9. The Bertz CT molecular complexity index is 910. The molecule has 1 atom stereocenters. The van der Waals surface area contributed by atoms with Gasteiger partial charge in [-0.1, -0.05) is 22.0 Å². The van der Waals surface area contributed by atoms with Crippen molar-refractivity contribution < 1.29 is 18.7 Å². The highest BCUT2D eigenvalue weighted by molar-refractivity contribution is 9.10. The second-order valence-corrected chi connectivity index (χ2v) is 6.04. The third-order valence-electron chi connectivity index (χ3n) is 3.66. The predicted molar refractivity (Wildman–Crippen MR) is 90.5 cm³/mol. The van der Waals surface area contributed by atoms with Crippen molar-refractivity contribution >= 4 is 32.8 Å². The zero-order valence-corrected chi connectivity index (χ0v) is 14.6. The summed E-state index contributed by atoms with van der Waals surface area (Å²) in [5.41, 5.74) is 1.05. The second kappa shape index (κ2) is 6.60. The molecule has 2 aromatic carbocycles. The molecule has 0 bridgehead atoms. The number of fused-ring (bicyclic) bond motifs is 1. The van der Waals surface area contributed by atoms with Crippen molar-refractivity contribution in [3.63, 3.8) is 0 Å². The fraction of sp³-hybridized carbons (Fsp3) is 0.176. The lowest BCUT2D eigenvalue weighted by atomic mass is 10.1. The van der Waals surface area contributed by atoms with Crippen LogP contribution in [0.15, 0.2) is 47.1 Å². The number of benzene rings is 2. The molecule has 1 aromatic heterocycles. The highest BCUT2D eigenvalue weighted by Crippen LogP contribution is 2.31. The normalized spacial score (nSPS) is 12.2. The van der Waals surface area contributed by atoms with Crippen LogP contribution in [0, 0.1) is 5.82 Å². The van der Waals surface area contributed by atoms with Crippen molar-refractivity contribution in [2.24, 2.45) is 0 Å². The molecule has 0 aliphatic heterocycles. The van der Waals surface area contributed by atoms with Crippen LogP contribution in [0.3, 0.4) is 0 Å². The first-order valence-electron chi connectivity index (χ1n) is 7.09. The van der Waals surface area contributed by atoms with E-state index in [1.54, 1.807) is 6.20 Å². The van der Waals surface area contributed by atoms with E-state index in [-0.39, 0.29) is 0 Å². The van der Waals surface area contributed by atoms with Crippen LogP contribution in [0.5, 0.6) is 5.75 Å². The van der Waals surface area contributed by atoms with Gasteiger partial charge in [0.05, 0.1) is 19.7 Å². The van der Waals surface area contributed by atoms with Crippen molar-refractivity contribution in [3.8, 4) is 5.75 Å². The second-order valence-electron chi connectivity index (χ2n) is 5.12. The van der Waals surface area contributed by atoms with Gasteiger partial charge in [-0.25, -0.2) is 9.18 Å². The summed E-state index contributed by atoms with van der Waals surface area (Å²) in [5.74, 6) is -0.655. The van der Waals surface area contributed by atoms with Crippen LogP contribution in [0.2, 0.25) is 0 Å². The number of hydrogen-bond acceptors (Lipinski definition) is 4. The minimum Gasteiger partial charge on any atom is -0.496 e. The highest BCUT2D eigenvalue weighted by Gasteiger charge is 2.28. The van der Waals surface area contributed by atoms with Gasteiger partial charge >= 0.3 is 5.97 Å². The fourth-order valence-corrected chi connectivity index (χ4v) is 2.90. The molecule has 7 heteroatoms. The molecule has 0 aliphatic carbocycles. The molecule has 0 amide bonds. The Balaban J connectivity index is 2.19. The quantitative estimate of drug-likeness (QED) is 0.635. The maximum atomic E-state index is 13.7. The van der Waals surface area contributed by atoms with E-state index in [1.165, 1.54) is 37.1 Å². The molecule has 0 N–H and O–H groups in total. The van der Waals surface area contributed by atoms with Crippen LogP contribution >= 0.6 is 15.9 Å². The van der Waals surface area contributed by atoms with Gasteiger partial charge in [0, 0.05) is 21.6 Å². The van der Waals surface area contributed by atoms with Crippen molar-refractivity contribution in [2.75, 3.05) is 14.2 Å². The fourth-order valence-electron chi connectivity index (χ4n) is 2.55. The summed E-state index contributed by atoms with van der Waals surface area (Å²) in [5, 5.41) is 5.28. The summed E-state index contributed by atoms with van der Waals surface area (Å²) >= 11 is 3.39. The number of methoxy groups -OCH3 is 2. The van der Waals surface area contributed by atoms with Gasteiger partial charge in [0.2, 0.25) is 0 Å². The van der Waals surface area contributed by atoms with Crippen molar-refractivity contribution in [1.82, 2.24) is 9.78 Å². The minimum absolute atomic E-state index is 0.344. The summed E-state index contributed by atoms with van der Waals surface area (Å²) in [6.45, 7) is 0. The first kappa shape index (κ1) is 16.4. The number of esters is 1. The Morgan fingerprint density at radius 2 is 2.04 bits per heavy atom. The molecule has 3 aromatic rings. The third-order valence-corrected chi connectivity index (χ3v) is 4.16. The van der Waals surface area contributed by atoms with Gasteiger partial charge in [-0.15, -0.1) is 0 Å². The van der Waals surface area contributed by atoms with Crippen LogP contribution in [-0.4, -0.2) is 30.0 Å². The number of ether oxygens (including phenoxy) is 2. The van der Waals surface area contributed by atoms with Crippen LogP contribution < -0.4 is 4.74 Å². The van der Waals surface area contributed by atoms with E-state index in [4.69, 9.17) is 9.47 Å². The number of hydrogen-bond donors (Lipinski definition) is 0. The number of rotatable bonds is 4. The maximum Gasteiger partial charge on any atom is 0.335 e. The van der Waals surface area contributed by atoms with E-state index in [2.05, 4.69) is 21.0 Å². The molecule has 0 radical (unpaired) electrons. The zero-order valence-electron chi connectivity index (χ0n) is 13.0. The zero-order chi connectivity index (χ0) is 17.3. The molecular weight excluding hydrogens is 379 g/mol. The first-order valence-corrected chi connectivity index (χ1v) is 7.88. The van der Waals surface area contributed by atoms with E-state index in [9.17, 15) is 9.18 Å². The van der Waals surface area contributed by atoms with Gasteiger partial charge in [0.1, 0.15) is 11.6 Å². The summed E-state index contributed by atoms with van der Waals surface area (Å²) in [6.07, 6.45) is 1.72. The molecule has 0 aliphatic rings. The maximum absolute atomic E-state index is 13.7. The summed E-state index contributed by atoms with van der Waals surface area (Å²) in [6, 6.07) is 8.64. The summed E-state index contributed by atoms with van der Waals surface area (Å²) < 4.78 is 26.2. The Hall–Kier alpha value is -2.41. The first-order chi connectivity index (χ1) is 11.5. The van der Waals surface area contributed by atoms with Gasteiger partial charge in [-0.2, -0.15) is 5.10 Å². The molecule has 124 valence electrons. The van der Waals surface area contributed by atoms with Gasteiger partial charge in [-0.05, 0) is 30.3 Å². The largest absolute Gasteiger partial charge is 0.496 e. The van der Waals surface area contributed by atoms with Crippen molar-refractivity contribution in [1.29, 1.82) is 0 Å². The van der Waals surface area contributed by atoms with Crippen molar-refractivity contribution in [3.05, 3.63) is 58.4 Å². The minimum atomic E-state index is -0.952. The van der Waals surface area contributed by atoms with Crippen LogP contribution in [0.25, 0.3) is 10.9 Å². The molecule has 3 rings (SSSR count). The molecule has 0 saturated heterocycles. The van der Waals surface area contributed by atoms with E-state index in [0.29, 0.717) is 16.8 Å². The SMILES string of the molecule is COC(=O)C(c1cc(F)ccc1OC)n1cc2ccc(Br)cc2n1. The number of nitrogens with zero attached hydrogens (tertiary/aromatic N) is 2. The molecule has 0 saturated carbocycles. The molecule has 0 fully saturated rings. The van der Waals surface area contributed by atoms with E-state index >= 15 is 0 Å². The number of carbonyl (C=O) groups excluding carboxylic acids is 1. The lowest BCUT2D eigenvalue weighted by Crippen LogP contribution is -2.23. The van der Waals surface area contributed by atoms with Crippen LogP contribution in [0.1, 0.15) is 11.6 Å². The topological polar surface area (TPSA) is 53.4 Å². The predicted octanol–water partition coefficient (Wildman–Crippen LogP) is 3.71. The molecule has 1 unspecified atom stereocenters. The monoisotopic (exact) mass is 392 g/mol. The molecule has 5 nitrogen and oxygen atoms in total. The molecule has 1 heterocycles. The number of carbonyl (C=O) groups is 1. The van der Waals surface area contributed by atoms with E-state index in [1.807, 2.05) is 18.2 Å². The van der Waals surface area contributed by atoms with Gasteiger partial charge in [0.25, 0.3) is 0 Å². The molecular formula is C17H14BrFN2O3. The Morgan fingerprint density at radius 1 is 1.25 bits per heavy atom. The number of halogens is 2. The third kappa shape index (κ3) is 2.99. The average Bonchev–Trinajstić information content (AvgIpc) is 2.97. The van der Waals surface area contributed by atoms with Crippen LogP contribution in [0.4, 0.5) is 4.39 Å². The summed E-state index contributed by atoms with van der Waals surface area (Å²) in [7, 11) is 2.74. The van der Waals surface area contributed by atoms with Crippen molar-refractivity contribution in [2.45, 2.75) is 6.04 Å². The Kier molecular flexibility index (Phi) is 4.53. The van der Waals surface area contributed by atoms with Gasteiger partial charge < -0.3 is 9.47 Å². The summed E-state index contributed by atoms with van der Waals surface area (Å²) in [4.78, 5) is 12.4. The lowest BCUT2D eigenvalue weighted by Gasteiger charge is -2.18. The molecule has 24 heavy (non-hydrogen) atoms. The lowest BCUT2D eigenvalue weighted by molar-refractivity contribution is -0.143. The van der Waals surface area contributed by atoms with Gasteiger partial charge in [0.15, 0.2) is 6.04 Å².